The van der Waals surface area contributed by atoms with Crippen LogP contribution < -0.4 is 10.6 Å². The van der Waals surface area contributed by atoms with Crippen LogP contribution in [-0.4, -0.2) is 79.7 Å². The second kappa shape index (κ2) is 10.5. The standard InChI is InChI=1S/C19H35N5O3.HI/c1-7-20-17(21-10-16(25)23(5)6)24-11-13-8-9-15(14(13)12-24)22-18(26)27-19(2,3)4;/h13-15H,7-12H2,1-6H3,(H,20,21)(H,22,26);1H. The summed E-state index contributed by atoms with van der Waals surface area (Å²) in [5.41, 5.74) is -0.492. The molecule has 8 nitrogen and oxygen atoms in total. The number of halogens is 1. The first-order valence-corrected chi connectivity index (χ1v) is 9.83. The maximum atomic E-state index is 12.1. The first-order valence-electron chi connectivity index (χ1n) is 9.83. The molecule has 0 radical (unpaired) electrons. The lowest BCUT2D eigenvalue weighted by Gasteiger charge is -2.26. The van der Waals surface area contributed by atoms with E-state index < -0.39 is 5.60 Å². The Bertz CT molecular complexity index is 576. The van der Waals surface area contributed by atoms with Gasteiger partial charge >= 0.3 is 6.09 Å². The van der Waals surface area contributed by atoms with Crippen LogP contribution in [0.3, 0.4) is 0 Å². The third-order valence-electron chi connectivity index (χ3n) is 5.06. The number of rotatable bonds is 4. The second-order valence-corrected chi connectivity index (χ2v) is 8.62. The second-order valence-electron chi connectivity index (χ2n) is 8.62. The van der Waals surface area contributed by atoms with E-state index in [2.05, 4.69) is 20.5 Å². The molecular formula is C19H36IN5O3. The molecule has 2 N–H and O–H groups in total. The van der Waals surface area contributed by atoms with Gasteiger partial charge < -0.3 is 25.2 Å². The van der Waals surface area contributed by atoms with Crippen LogP contribution >= 0.6 is 24.0 Å². The molecule has 2 rings (SSSR count). The summed E-state index contributed by atoms with van der Waals surface area (Å²) in [6.07, 6.45) is 1.72. The molecule has 1 heterocycles. The summed E-state index contributed by atoms with van der Waals surface area (Å²) < 4.78 is 5.41. The zero-order valence-electron chi connectivity index (χ0n) is 17.9. The van der Waals surface area contributed by atoms with Gasteiger partial charge in [0.1, 0.15) is 12.1 Å². The Hall–Kier alpha value is -1.26. The molecule has 0 aromatic carbocycles. The average molecular weight is 509 g/mol. The average Bonchev–Trinajstić information content (AvgIpc) is 3.11. The zero-order valence-corrected chi connectivity index (χ0v) is 20.3. The third-order valence-corrected chi connectivity index (χ3v) is 5.06. The van der Waals surface area contributed by atoms with Crippen molar-refractivity contribution in [1.82, 2.24) is 20.4 Å². The predicted octanol–water partition coefficient (Wildman–Crippen LogP) is 1.89. The van der Waals surface area contributed by atoms with E-state index in [9.17, 15) is 9.59 Å². The topological polar surface area (TPSA) is 86.3 Å². The van der Waals surface area contributed by atoms with Gasteiger partial charge in [-0.3, -0.25) is 4.79 Å². The molecule has 2 fully saturated rings. The molecule has 0 aromatic heterocycles. The van der Waals surface area contributed by atoms with Crippen LogP contribution in [0.1, 0.15) is 40.5 Å². The molecule has 0 aromatic rings. The predicted molar refractivity (Wildman–Crippen MR) is 121 cm³/mol. The van der Waals surface area contributed by atoms with Crippen molar-refractivity contribution in [2.45, 2.75) is 52.2 Å². The van der Waals surface area contributed by atoms with Crippen LogP contribution in [0.15, 0.2) is 4.99 Å². The number of ether oxygens (including phenoxy) is 1. The fourth-order valence-corrected chi connectivity index (χ4v) is 3.79. The highest BCUT2D eigenvalue weighted by Crippen LogP contribution is 2.38. The van der Waals surface area contributed by atoms with E-state index in [-0.39, 0.29) is 48.6 Å². The molecule has 1 saturated carbocycles. The van der Waals surface area contributed by atoms with Gasteiger partial charge in [-0.1, -0.05) is 0 Å². The number of hydrogen-bond donors (Lipinski definition) is 2. The highest BCUT2D eigenvalue weighted by molar-refractivity contribution is 14.0. The number of likely N-dealkylation sites (N-methyl/N-ethyl adjacent to an activating group) is 1. The highest BCUT2D eigenvalue weighted by atomic mass is 127. The number of aliphatic imine (C=N–C) groups is 1. The van der Waals surface area contributed by atoms with Crippen molar-refractivity contribution in [2.24, 2.45) is 16.8 Å². The van der Waals surface area contributed by atoms with Gasteiger partial charge in [0.15, 0.2) is 5.96 Å². The normalized spacial score (nSPS) is 24.3. The smallest absolute Gasteiger partial charge is 0.407 e. The summed E-state index contributed by atoms with van der Waals surface area (Å²) in [4.78, 5) is 32.3. The van der Waals surface area contributed by atoms with Crippen molar-refractivity contribution in [2.75, 3.05) is 40.3 Å². The fourth-order valence-electron chi connectivity index (χ4n) is 3.79. The van der Waals surface area contributed by atoms with Gasteiger partial charge in [-0.05, 0) is 46.5 Å². The molecule has 1 aliphatic heterocycles. The molecule has 3 atom stereocenters. The summed E-state index contributed by atoms with van der Waals surface area (Å²) in [5.74, 6) is 1.66. The van der Waals surface area contributed by atoms with Gasteiger partial charge in [0.2, 0.25) is 5.91 Å². The Kier molecular flexibility index (Phi) is 9.29. The summed E-state index contributed by atoms with van der Waals surface area (Å²) in [6.45, 7) is 10.3. The summed E-state index contributed by atoms with van der Waals surface area (Å²) in [5, 5.41) is 6.34. The molecule has 1 saturated heterocycles. The summed E-state index contributed by atoms with van der Waals surface area (Å²) in [7, 11) is 3.47. The molecule has 2 amide bonds. The van der Waals surface area contributed by atoms with Crippen LogP contribution in [0.2, 0.25) is 0 Å². The van der Waals surface area contributed by atoms with Crippen LogP contribution in [0.25, 0.3) is 0 Å². The molecule has 0 spiro atoms. The number of carbonyl (C=O) groups excluding carboxylic acids is 2. The summed E-state index contributed by atoms with van der Waals surface area (Å²) in [6, 6.07) is 0.126. The molecule has 0 bridgehead atoms. The minimum atomic E-state index is -0.492. The highest BCUT2D eigenvalue weighted by Gasteiger charge is 2.44. The van der Waals surface area contributed by atoms with Gasteiger partial charge in [0.05, 0.1) is 0 Å². The lowest BCUT2D eigenvalue weighted by molar-refractivity contribution is -0.127. The molecule has 3 unspecified atom stereocenters. The first kappa shape index (κ1) is 24.8. The number of alkyl carbamates (subject to hydrolysis) is 1. The van der Waals surface area contributed by atoms with Gasteiger partial charge in [0.25, 0.3) is 0 Å². The Morgan fingerprint density at radius 3 is 2.46 bits per heavy atom. The monoisotopic (exact) mass is 509 g/mol. The van der Waals surface area contributed by atoms with Crippen molar-refractivity contribution >= 4 is 41.9 Å². The van der Waals surface area contributed by atoms with Crippen molar-refractivity contribution < 1.29 is 14.3 Å². The van der Waals surface area contributed by atoms with Crippen LogP contribution in [0.4, 0.5) is 4.79 Å². The van der Waals surface area contributed by atoms with Crippen molar-refractivity contribution in [3.63, 3.8) is 0 Å². The quantitative estimate of drug-likeness (QED) is 0.344. The van der Waals surface area contributed by atoms with Crippen LogP contribution in [-0.2, 0) is 9.53 Å². The molecule has 2 aliphatic rings. The molecule has 28 heavy (non-hydrogen) atoms. The van der Waals surface area contributed by atoms with E-state index in [0.717, 1.165) is 38.4 Å². The van der Waals surface area contributed by atoms with Crippen molar-refractivity contribution in [3.05, 3.63) is 0 Å². The molecule has 162 valence electrons. The Morgan fingerprint density at radius 1 is 1.21 bits per heavy atom. The lowest BCUT2D eigenvalue weighted by Crippen LogP contribution is -2.44. The number of fused-ring (bicyclic) bond motifs is 1. The minimum absolute atomic E-state index is 0. The fraction of sp³-hybridized carbons (Fsp3) is 0.842. The number of guanidine groups is 1. The largest absolute Gasteiger partial charge is 0.444 e. The maximum Gasteiger partial charge on any atom is 0.407 e. The Labute approximate surface area is 185 Å². The Balaban J connectivity index is 0.00000392. The van der Waals surface area contributed by atoms with Gasteiger partial charge in [-0.2, -0.15) is 0 Å². The first-order chi connectivity index (χ1) is 12.6. The van der Waals surface area contributed by atoms with Gasteiger partial charge in [-0.25, -0.2) is 9.79 Å². The number of carbonyl (C=O) groups is 2. The third kappa shape index (κ3) is 6.97. The van der Waals surface area contributed by atoms with Crippen LogP contribution in [0, 0.1) is 11.8 Å². The van der Waals surface area contributed by atoms with Gasteiger partial charge in [0, 0.05) is 45.7 Å². The Morgan fingerprint density at radius 2 is 1.89 bits per heavy atom. The number of hydrogen-bond acceptors (Lipinski definition) is 4. The number of likely N-dealkylation sites (tertiary alicyclic amines) is 1. The van der Waals surface area contributed by atoms with Crippen molar-refractivity contribution in [1.29, 1.82) is 0 Å². The van der Waals surface area contributed by atoms with Crippen molar-refractivity contribution in [3.8, 4) is 0 Å². The minimum Gasteiger partial charge on any atom is -0.444 e. The summed E-state index contributed by atoms with van der Waals surface area (Å²) >= 11 is 0. The van der Waals surface area contributed by atoms with E-state index >= 15 is 0 Å². The van der Waals surface area contributed by atoms with Gasteiger partial charge in [-0.15, -0.1) is 24.0 Å². The van der Waals surface area contributed by atoms with E-state index in [1.165, 1.54) is 0 Å². The molecule has 1 aliphatic carbocycles. The lowest BCUT2D eigenvalue weighted by atomic mass is 9.98. The van der Waals surface area contributed by atoms with E-state index in [1.54, 1.807) is 19.0 Å². The zero-order chi connectivity index (χ0) is 20.2. The molecular weight excluding hydrogens is 473 g/mol. The van der Waals surface area contributed by atoms with E-state index in [1.807, 2.05) is 27.7 Å². The SMILES string of the molecule is CCNC(=NCC(=O)N(C)C)N1CC2CCC(NC(=O)OC(C)(C)C)C2C1.I. The van der Waals surface area contributed by atoms with E-state index in [0.29, 0.717) is 11.8 Å². The maximum absolute atomic E-state index is 12.1. The van der Waals surface area contributed by atoms with E-state index in [4.69, 9.17) is 4.74 Å². The number of amides is 2. The molecule has 9 heteroatoms. The number of nitrogens with zero attached hydrogens (tertiary/aromatic N) is 3. The van der Waals surface area contributed by atoms with Crippen LogP contribution in [0.5, 0.6) is 0 Å². The number of nitrogens with one attached hydrogen (secondary N) is 2.